The Bertz CT molecular complexity index is 1120. The smallest absolute Gasteiger partial charge is 0.328 e. The van der Waals surface area contributed by atoms with Crippen LogP contribution in [0.1, 0.15) is 25.2 Å². The molecule has 33 heavy (non-hydrogen) atoms. The van der Waals surface area contributed by atoms with E-state index in [-0.39, 0.29) is 16.9 Å². The van der Waals surface area contributed by atoms with Crippen LogP contribution in [0.15, 0.2) is 59.1 Å². The van der Waals surface area contributed by atoms with Crippen molar-refractivity contribution in [2.75, 3.05) is 17.7 Å². The summed E-state index contributed by atoms with van der Waals surface area (Å²) in [5.41, 5.74) is 3.81. The highest BCUT2D eigenvalue weighted by molar-refractivity contribution is 7.80. The van der Waals surface area contributed by atoms with Crippen LogP contribution in [0.25, 0.3) is 11.3 Å². The first-order chi connectivity index (χ1) is 15.8. The Kier molecular flexibility index (Phi) is 7.78. The number of esters is 1. The molecule has 0 spiro atoms. The number of amides is 2. The van der Waals surface area contributed by atoms with Gasteiger partial charge in [-0.05, 0) is 37.1 Å². The van der Waals surface area contributed by atoms with Crippen LogP contribution < -0.4 is 16.0 Å². The summed E-state index contributed by atoms with van der Waals surface area (Å²) in [5.74, 6) is -0.0862. The van der Waals surface area contributed by atoms with Gasteiger partial charge < -0.3 is 25.2 Å². The standard InChI is InChI=1S/C24H26N4O4S/c1-14(2)21(23(29)31-4)27-22(33)20-13-19(28-32-20)16-7-11-18(12-8-16)26-24(30)25-17-9-5-15(3)6-10-17/h5-14,21H,1-4H3,(H,27,33)(H2,25,26,30)/t21-/m1/s1. The summed E-state index contributed by atoms with van der Waals surface area (Å²) in [6.45, 7) is 5.76. The van der Waals surface area contributed by atoms with E-state index in [0.29, 0.717) is 22.8 Å². The van der Waals surface area contributed by atoms with E-state index in [0.717, 1.165) is 11.1 Å². The summed E-state index contributed by atoms with van der Waals surface area (Å²) in [6.07, 6.45) is 0. The van der Waals surface area contributed by atoms with E-state index in [9.17, 15) is 9.59 Å². The molecule has 0 fully saturated rings. The number of hydrogen-bond donors (Lipinski definition) is 3. The first-order valence-corrected chi connectivity index (χ1v) is 10.8. The van der Waals surface area contributed by atoms with E-state index in [1.165, 1.54) is 7.11 Å². The van der Waals surface area contributed by atoms with Crippen molar-refractivity contribution < 1.29 is 18.8 Å². The molecule has 0 aliphatic carbocycles. The fraction of sp³-hybridized carbons (Fsp3) is 0.250. The lowest BCUT2D eigenvalue weighted by Crippen LogP contribution is -2.44. The zero-order chi connectivity index (χ0) is 24.0. The molecule has 3 rings (SSSR count). The van der Waals surface area contributed by atoms with Gasteiger partial charge in [0.15, 0.2) is 5.76 Å². The zero-order valence-corrected chi connectivity index (χ0v) is 19.7. The molecule has 3 N–H and O–H groups in total. The molecule has 0 unspecified atom stereocenters. The number of nitrogens with one attached hydrogen (secondary N) is 3. The molecule has 8 nitrogen and oxygen atoms in total. The predicted molar refractivity (Wildman–Crippen MR) is 131 cm³/mol. The Morgan fingerprint density at radius 1 is 1.00 bits per heavy atom. The Morgan fingerprint density at radius 3 is 2.12 bits per heavy atom. The maximum Gasteiger partial charge on any atom is 0.328 e. The van der Waals surface area contributed by atoms with Crippen LogP contribution in [0, 0.1) is 12.8 Å². The lowest BCUT2D eigenvalue weighted by atomic mass is 10.0. The van der Waals surface area contributed by atoms with Gasteiger partial charge in [0.05, 0.1) is 7.11 Å². The largest absolute Gasteiger partial charge is 0.467 e. The lowest BCUT2D eigenvalue weighted by Gasteiger charge is -2.20. The molecule has 9 heteroatoms. The number of rotatable bonds is 7. The Balaban J connectivity index is 1.62. The zero-order valence-electron chi connectivity index (χ0n) is 18.8. The van der Waals surface area contributed by atoms with Crippen molar-refractivity contribution in [3.05, 3.63) is 65.9 Å². The molecule has 0 saturated heterocycles. The fourth-order valence-corrected chi connectivity index (χ4v) is 3.23. The van der Waals surface area contributed by atoms with Crippen molar-refractivity contribution in [1.29, 1.82) is 0 Å². The number of urea groups is 1. The number of nitrogens with zero attached hydrogens (tertiary/aromatic N) is 1. The first kappa shape index (κ1) is 23.9. The lowest BCUT2D eigenvalue weighted by molar-refractivity contribution is -0.143. The van der Waals surface area contributed by atoms with Gasteiger partial charge in [-0.25, -0.2) is 9.59 Å². The van der Waals surface area contributed by atoms with Crippen LogP contribution in [0.5, 0.6) is 0 Å². The van der Waals surface area contributed by atoms with Gasteiger partial charge in [-0.2, -0.15) is 0 Å². The van der Waals surface area contributed by atoms with Crippen molar-refractivity contribution >= 4 is 40.6 Å². The number of aromatic nitrogens is 1. The highest BCUT2D eigenvalue weighted by Gasteiger charge is 2.25. The van der Waals surface area contributed by atoms with E-state index in [4.69, 9.17) is 21.5 Å². The monoisotopic (exact) mass is 466 g/mol. The van der Waals surface area contributed by atoms with Crippen LogP contribution >= 0.6 is 12.2 Å². The molecule has 172 valence electrons. The number of benzene rings is 2. The van der Waals surface area contributed by atoms with E-state index in [2.05, 4.69) is 21.1 Å². The predicted octanol–water partition coefficient (Wildman–Crippen LogP) is 4.76. The highest BCUT2D eigenvalue weighted by Crippen LogP contribution is 2.22. The van der Waals surface area contributed by atoms with E-state index >= 15 is 0 Å². The van der Waals surface area contributed by atoms with Crippen LogP contribution in [0.4, 0.5) is 16.2 Å². The van der Waals surface area contributed by atoms with Crippen LogP contribution in [-0.2, 0) is 9.53 Å². The van der Waals surface area contributed by atoms with Gasteiger partial charge in [0.2, 0.25) is 0 Å². The maximum atomic E-state index is 12.2. The molecule has 3 aromatic rings. The van der Waals surface area contributed by atoms with Crippen molar-refractivity contribution in [3.8, 4) is 11.3 Å². The molecule has 0 bridgehead atoms. The van der Waals surface area contributed by atoms with E-state index in [1.54, 1.807) is 18.2 Å². The van der Waals surface area contributed by atoms with Gasteiger partial charge in [0.25, 0.3) is 0 Å². The minimum Gasteiger partial charge on any atom is -0.467 e. The summed E-state index contributed by atoms with van der Waals surface area (Å²) >= 11 is 5.37. The average molecular weight is 467 g/mol. The summed E-state index contributed by atoms with van der Waals surface area (Å²) in [5, 5.41) is 12.6. The maximum absolute atomic E-state index is 12.2. The Morgan fingerprint density at radius 2 is 1.58 bits per heavy atom. The second kappa shape index (κ2) is 10.7. The minimum atomic E-state index is -0.590. The topological polar surface area (TPSA) is 105 Å². The molecule has 0 aliphatic rings. The molecule has 1 atom stereocenters. The number of anilines is 2. The number of carbonyl (C=O) groups is 2. The molecule has 1 aromatic heterocycles. The molecule has 2 aromatic carbocycles. The number of aryl methyl sites for hydroxylation is 1. The van der Waals surface area contributed by atoms with Gasteiger partial charge in [-0.1, -0.05) is 61.1 Å². The highest BCUT2D eigenvalue weighted by atomic mass is 32.1. The minimum absolute atomic E-state index is 0.0268. The SMILES string of the molecule is COC(=O)[C@H](NC(=S)c1cc(-c2ccc(NC(=O)Nc3ccc(C)cc3)cc2)no1)C(C)C. The molecular formula is C24H26N4O4S. The fourth-order valence-electron chi connectivity index (χ4n) is 3.01. The number of methoxy groups -OCH3 is 1. The first-order valence-electron chi connectivity index (χ1n) is 10.4. The van der Waals surface area contributed by atoms with Gasteiger partial charge >= 0.3 is 12.0 Å². The second-order valence-corrected chi connectivity index (χ2v) is 8.23. The third-order valence-corrected chi connectivity index (χ3v) is 5.21. The van der Waals surface area contributed by atoms with Crippen LogP contribution in [0.3, 0.4) is 0 Å². The van der Waals surface area contributed by atoms with Gasteiger partial charge in [0.1, 0.15) is 16.7 Å². The third kappa shape index (κ3) is 6.39. The quantitative estimate of drug-likeness (QED) is 0.341. The normalized spacial score (nSPS) is 11.5. The van der Waals surface area contributed by atoms with Gasteiger partial charge in [-0.3, -0.25) is 0 Å². The van der Waals surface area contributed by atoms with Crippen LogP contribution in [0.2, 0.25) is 0 Å². The average Bonchev–Trinajstić information content (AvgIpc) is 3.29. The molecule has 0 saturated carbocycles. The van der Waals surface area contributed by atoms with Crippen molar-refractivity contribution in [1.82, 2.24) is 10.5 Å². The number of ether oxygens (including phenoxy) is 1. The van der Waals surface area contributed by atoms with Crippen molar-refractivity contribution in [3.63, 3.8) is 0 Å². The summed E-state index contributed by atoms with van der Waals surface area (Å²) in [6, 6.07) is 15.5. The molecule has 2 amide bonds. The summed E-state index contributed by atoms with van der Waals surface area (Å²) < 4.78 is 10.2. The van der Waals surface area contributed by atoms with E-state index < -0.39 is 12.0 Å². The number of hydrogen-bond acceptors (Lipinski definition) is 6. The molecule has 0 aliphatic heterocycles. The summed E-state index contributed by atoms with van der Waals surface area (Å²) in [7, 11) is 1.33. The third-order valence-electron chi connectivity index (χ3n) is 4.89. The van der Waals surface area contributed by atoms with Gasteiger partial charge in [0, 0.05) is 23.0 Å². The van der Waals surface area contributed by atoms with Crippen molar-refractivity contribution in [2.24, 2.45) is 5.92 Å². The van der Waals surface area contributed by atoms with Gasteiger partial charge in [-0.15, -0.1) is 0 Å². The second-order valence-electron chi connectivity index (χ2n) is 7.82. The molecule has 1 heterocycles. The van der Waals surface area contributed by atoms with Crippen LogP contribution in [-0.4, -0.2) is 35.3 Å². The molecule has 0 radical (unpaired) electrons. The molecular weight excluding hydrogens is 440 g/mol. The summed E-state index contributed by atoms with van der Waals surface area (Å²) in [4.78, 5) is 24.4. The Hall–Kier alpha value is -3.72. The van der Waals surface area contributed by atoms with Crippen molar-refractivity contribution in [2.45, 2.75) is 26.8 Å². The van der Waals surface area contributed by atoms with E-state index in [1.807, 2.05) is 57.2 Å². The number of thiocarbonyl (C=S) groups is 1. The number of carbonyl (C=O) groups excluding carboxylic acids is 2. The Labute approximate surface area is 197 Å².